The average molecular weight is 352 g/mol. The van der Waals surface area contributed by atoms with Gasteiger partial charge in [0.15, 0.2) is 5.76 Å². The molecule has 1 aromatic carbocycles. The molecule has 1 atom stereocenters. The van der Waals surface area contributed by atoms with Gasteiger partial charge >= 0.3 is 5.97 Å². The molecule has 110 valence electrons. The number of furan rings is 1. The van der Waals surface area contributed by atoms with Gasteiger partial charge in [-0.3, -0.25) is 9.59 Å². The van der Waals surface area contributed by atoms with Gasteiger partial charge < -0.3 is 14.4 Å². The van der Waals surface area contributed by atoms with E-state index in [1.165, 1.54) is 0 Å². The van der Waals surface area contributed by atoms with Crippen molar-refractivity contribution in [3.8, 4) is 0 Å². The Balaban J connectivity index is 1.92. The highest BCUT2D eigenvalue weighted by molar-refractivity contribution is 9.10. The topological polar surface area (TPSA) is 70.8 Å². The zero-order valence-electron chi connectivity index (χ0n) is 11.4. The second-order valence-electron chi connectivity index (χ2n) is 5.27. The van der Waals surface area contributed by atoms with Crippen molar-refractivity contribution in [2.75, 3.05) is 13.1 Å². The van der Waals surface area contributed by atoms with Crippen molar-refractivity contribution >= 4 is 38.8 Å². The number of benzene rings is 1. The third-order valence-electron chi connectivity index (χ3n) is 3.92. The Bertz CT molecular complexity index is 737. The van der Waals surface area contributed by atoms with E-state index in [0.29, 0.717) is 24.3 Å². The average Bonchev–Trinajstić information content (AvgIpc) is 3.04. The van der Waals surface area contributed by atoms with Gasteiger partial charge in [0.1, 0.15) is 5.58 Å². The number of likely N-dealkylation sites (tertiary alicyclic amines) is 1. The molecule has 2 aromatic rings. The van der Waals surface area contributed by atoms with Gasteiger partial charge in [-0.25, -0.2) is 0 Å². The Morgan fingerprint density at radius 3 is 2.86 bits per heavy atom. The third-order valence-corrected chi connectivity index (χ3v) is 4.41. The minimum absolute atomic E-state index is 0.233. The first-order valence-corrected chi connectivity index (χ1v) is 7.47. The zero-order chi connectivity index (χ0) is 15.1. The van der Waals surface area contributed by atoms with Crippen molar-refractivity contribution in [1.82, 2.24) is 4.90 Å². The molecule has 0 bridgehead atoms. The van der Waals surface area contributed by atoms with Gasteiger partial charge in [0, 0.05) is 28.5 Å². The molecule has 0 unspecified atom stereocenters. The summed E-state index contributed by atoms with van der Waals surface area (Å²) < 4.78 is 6.59. The normalized spacial score (nSPS) is 18.4. The zero-order valence-corrected chi connectivity index (χ0v) is 13.0. The Hall–Kier alpha value is -1.82. The number of carboxylic acid groups (broad SMARTS) is 1. The number of rotatable bonds is 2. The largest absolute Gasteiger partial charge is 0.481 e. The molecule has 0 spiro atoms. The van der Waals surface area contributed by atoms with Crippen LogP contribution in [0.3, 0.4) is 0 Å². The molecule has 0 aliphatic carbocycles. The van der Waals surface area contributed by atoms with E-state index >= 15 is 0 Å². The summed E-state index contributed by atoms with van der Waals surface area (Å²) in [5, 5.41) is 9.91. The molecule has 1 aliphatic rings. The van der Waals surface area contributed by atoms with Crippen LogP contribution in [-0.4, -0.2) is 35.0 Å². The molecule has 6 heteroatoms. The third kappa shape index (κ3) is 2.44. The SMILES string of the molecule is Cc1c(C(=O)N2CC[C@H](C(=O)O)C2)oc2ccc(Br)cc12. The number of halogens is 1. The van der Waals surface area contributed by atoms with E-state index < -0.39 is 11.9 Å². The van der Waals surface area contributed by atoms with Gasteiger partial charge in [-0.15, -0.1) is 0 Å². The molecule has 21 heavy (non-hydrogen) atoms. The molecule has 2 heterocycles. The monoisotopic (exact) mass is 351 g/mol. The molecule has 0 saturated carbocycles. The predicted molar refractivity (Wildman–Crippen MR) is 80.3 cm³/mol. The van der Waals surface area contributed by atoms with E-state index in [1.807, 2.05) is 25.1 Å². The van der Waals surface area contributed by atoms with Crippen molar-refractivity contribution < 1.29 is 19.1 Å². The summed E-state index contributed by atoms with van der Waals surface area (Å²) in [5.74, 6) is -1.26. The number of hydrogen-bond acceptors (Lipinski definition) is 3. The molecule has 5 nitrogen and oxygen atoms in total. The van der Waals surface area contributed by atoms with Crippen molar-refractivity contribution in [2.45, 2.75) is 13.3 Å². The van der Waals surface area contributed by atoms with Crippen molar-refractivity contribution in [3.05, 3.63) is 34.0 Å². The Morgan fingerprint density at radius 2 is 2.19 bits per heavy atom. The van der Waals surface area contributed by atoms with Gasteiger partial charge in [-0.1, -0.05) is 15.9 Å². The molecule has 3 rings (SSSR count). The maximum absolute atomic E-state index is 12.5. The lowest BCUT2D eigenvalue weighted by atomic mass is 10.1. The molecular weight excluding hydrogens is 338 g/mol. The highest BCUT2D eigenvalue weighted by atomic mass is 79.9. The number of carbonyl (C=O) groups is 2. The molecule has 1 aliphatic heterocycles. The van der Waals surface area contributed by atoms with Crippen LogP contribution >= 0.6 is 15.9 Å². The highest BCUT2D eigenvalue weighted by Gasteiger charge is 2.33. The molecule has 1 aromatic heterocycles. The Labute approximate surface area is 129 Å². The number of carboxylic acids is 1. The lowest BCUT2D eigenvalue weighted by Gasteiger charge is -2.14. The number of amides is 1. The summed E-state index contributed by atoms with van der Waals surface area (Å²) >= 11 is 3.40. The fourth-order valence-electron chi connectivity index (χ4n) is 2.69. The summed E-state index contributed by atoms with van der Waals surface area (Å²) in [6.45, 7) is 2.54. The minimum atomic E-state index is -0.851. The summed E-state index contributed by atoms with van der Waals surface area (Å²) in [6.07, 6.45) is 0.492. The van der Waals surface area contributed by atoms with Crippen molar-refractivity contribution in [1.29, 1.82) is 0 Å². The standard InChI is InChI=1S/C15H14BrNO4/c1-8-11-6-10(16)2-3-12(11)21-13(8)14(18)17-5-4-9(7-17)15(19)20/h2-3,6,9H,4-5,7H2,1H3,(H,19,20)/t9-/m0/s1. The van der Waals surface area contributed by atoms with Crippen LogP contribution in [0.4, 0.5) is 0 Å². The predicted octanol–water partition coefficient (Wildman–Crippen LogP) is 3.05. The van der Waals surface area contributed by atoms with Crippen LogP contribution in [0.25, 0.3) is 11.0 Å². The summed E-state index contributed by atoms with van der Waals surface area (Å²) in [5.41, 5.74) is 1.45. The van der Waals surface area contributed by atoms with Crippen molar-refractivity contribution in [3.63, 3.8) is 0 Å². The van der Waals surface area contributed by atoms with E-state index in [4.69, 9.17) is 9.52 Å². The van der Waals surface area contributed by atoms with Gasteiger partial charge in [-0.05, 0) is 31.5 Å². The Morgan fingerprint density at radius 1 is 1.43 bits per heavy atom. The van der Waals surface area contributed by atoms with Crippen LogP contribution < -0.4 is 0 Å². The van der Waals surface area contributed by atoms with Crippen LogP contribution in [-0.2, 0) is 4.79 Å². The van der Waals surface area contributed by atoms with E-state index in [2.05, 4.69) is 15.9 Å². The maximum atomic E-state index is 12.5. The lowest BCUT2D eigenvalue weighted by molar-refractivity contribution is -0.141. The van der Waals surface area contributed by atoms with Crippen LogP contribution in [0, 0.1) is 12.8 Å². The van der Waals surface area contributed by atoms with E-state index in [9.17, 15) is 9.59 Å². The van der Waals surface area contributed by atoms with Crippen LogP contribution in [0.2, 0.25) is 0 Å². The maximum Gasteiger partial charge on any atom is 0.308 e. The number of nitrogens with zero attached hydrogens (tertiary/aromatic N) is 1. The van der Waals surface area contributed by atoms with Gasteiger partial charge in [0.2, 0.25) is 0 Å². The number of fused-ring (bicyclic) bond motifs is 1. The van der Waals surface area contributed by atoms with Crippen LogP contribution in [0.15, 0.2) is 27.1 Å². The number of hydrogen-bond donors (Lipinski definition) is 1. The van der Waals surface area contributed by atoms with Crippen LogP contribution in [0.5, 0.6) is 0 Å². The second kappa shape index (κ2) is 5.18. The first-order chi connectivity index (χ1) is 9.97. The number of carbonyl (C=O) groups excluding carboxylic acids is 1. The molecule has 1 N–H and O–H groups in total. The highest BCUT2D eigenvalue weighted by Crippen LogP contribution is 2.30. The van der Waals surface area contributed by atoms with E-state index in [1.54, 1.807) is 4.90 Å². The molecule has 0 radical (unpaired) electrons. The van der Waals surface area contributed by atoms with Gasteiger partial charge in [0.05, 0.1) is 5.92 Å². The molecule has 1 amide bonds. The Kier molecular flexibility index (Phi) is 3.49. The van der Waals surface area contributed by atoms with Gasteiger partial charge in [0.25, 0.3) is 5.91 Å². The first-order valence-electron chi connectivity index (χ1n) is 6.68. The van der Waals surface area contributed by atoms with Gasteiger partial charge in [-0.2, -0.15) is 0 Å². The van der Waals surface area contributed by atoms with Crippen LogP contribution in [0.1, 0.15) is 22.5 Å². The van der Waals surface area contributed by atoms with Crippen molar-refractivity contribution in [2.24, 2.45) is 5.92 Å². The fraction of sp³-hybridized carbons (Fsp3) is 0.333. The summed E-state index contributed by atoms with van der Waals surface area (Å²) in [7, 11) is 0. The molecule has 1 saturated heterocycles. The quantitative estimate of drug-likeness (QED) is 0.902. The van der Waals surface area contributed by atoms with E-state index in [-0.39, 0.29) is 12.5 Å². The summed E-state index contributed by atoms with van der Waals surface area (Å²) in [6, 6.07) is 5.58. The minimum Gasteiger partial charge on any atom is -0.481 e. The number of aryl methyl sites for hydroxylation is 1. The van der Waals surface area contributed by atoms with E-state index in [0.717, 1.165) is 15.4 Å². The second-order valence-corrected chi connectivity index (χ2v) is 6.19. The summed E-state index contributed by atoms with van der Waals surface area (Å²) in [4.78, 5) is 25.1. The molecule has 1 fully saturated rings. The first kappa shape index (κ1) is 14.1. The number of aliphatic carboxylic acids is 1. The fourth-order valence-corrected chi connectivity index (χ4v) is 3.05. The smallest absolute Gasteiger partial charge is 0.308 e. The lowest BCUT2D eigenvalue weighted by Crippen LogP contribution is -2.30. The molecular formula is C15H14BrNO4.